The predicted octanol–water partition coefficient (Wildman–Crippen LogP) is 2.88. The molecule has 2 aliphatic rings. The number of fused-ring (bicyclic) bond motifs is 1. The van der Waals surface area contributed by atoms with Gasteiger partial charge in [0.05, 0.1) is 26.8 Å². The molecular weight excluding hydrogens is 414 g/mol. The highest BCUT2D eigenvalue weighted by Gasteiger charge is 2.34. The maximum atomic E-state index is 13.4. The number of ketones is 1. The van der Waals surface area contributed by atoms with Gasteiger partial charge in [-0.2, -0.15) is 0 Å². The number of nitro groups is 1. The molecule has 0 saturated heterocycles. The van der Waals surface area contributed by atoms with Gasteiger partial charge in [0.1, 0.15) is 0 Å². The van der Waals surface area contributed by atoms with Gasteiger partial charge in [-0.05, 0) is 30.5 Å². The standard InChI is InChI=1S/C23H17N3O4S/c27-18-12-6-10-16-20(18)21(14-7-2-1-3-8-14)25-22(28)19(31-23(25)24-16)13-15-9-4-5-11-17(15)26(29)30/h1-5,7-9,11,13,21H,6,10,12H2/b19-13+. The summed E-state index contributed by atoms with van der Waals surface area (Å²) in [7, 11) is 0. The third-order valence-corrected chi connectivity index (χ3v) is 6.55. The van der Waals surface area contributed by atoms with E-state index in [0.29, 0.717) is 33.3 Å². The van der Waals surface area contributed by atoms with Crippen LogP contribution in [0.25, 0.3) is 6.08 Å². The number of carbonyl (C=O) groups excluding carboxylic acids is 1. The summed E-state index contributed by atoms with van der Waals surface area (Å²) in [5, 5.41) is 11.4. The Morgan fingerprint density at radius 3 is 2.58 bits per heavy atom. The number of nitrogens with zero attached hydrogens (tertiary/aromatic N) is 3. The van der Waals surface area contributed by atoms with Gasteiger partial charge in [-0.3, -0.25) is 24.3 Å². The zero-order valence-corrected chi connectivity index (χ0v) is 17.2. The molecule has 1 atom stereocenters. The molecule has 0 saturated carbocycles. The molecule has 31 heavy (non-hydrogen) atoms. The molecule has 0 radical (unpaired) electrons. The molecule has 154 valence electrons. The maximum Gasteiger partial charge on any atom is 0.276 e. The van der Waals surface area contributed by atoms with Crippen molar-refractivity contribution >= 4 is 28.9 Å². The summed E-state index contributed by atoms with van der Waals surface area (Å²) in [4.78, 5) is 42.4. The number of rotatable bonds is 3. The van der Waals surface area contributed by atoms with Gasteiger partial charge in [0.2, 0.25) is 0 Å². The highest BCUT2D eigenvalue weighted by Crippen LogP contribution is 2.35. The number of Topliss-reactive ketones (excluding diaryl/α,β-unsaturated/α-hetero) is 1. The summed E-state index contributed by atoms with van der Waals surface area (Å²) in [6.07, 6.45) is 3.42. The van der Waals surface area contributed by atoms with Gasteiger partial charge in [0, 0.05) is 18.1 Å². The number of thiazole rings is 1. The number of nitro benzene ring substituents is 1. The second-order valence-electron chi connectivity index (χ2n) is 7.45. The lowest BCUT2D eigenvalue weighted by molar-refractivity contribution is -0.385. The Balaban J connectivity index is 1.77. The first-order valence-corrected chi connectivity index (χ1v) is 10.7. The first-order valence-electron chi connectivity index (χ1n) is 9.91. The molecule has 2 heterocycles. The van der Waals surface area contributed by atoms with Gasteiger partial charge in [-0.1, -0.05) is 53.8 Å². The van der Waals surface area contributed by atoms with Crippen molar-refractivity contribution in [2.45, 2.75) is 25.3 Å². The zero-order chi connectivity index (χ0) is 21.5. The average molecular weight is 431 g/mol. The van der Waals surface area contributed by atoms with Crippen molar-refractivity contribution in [1.29, 1.82) is 0 Å². The Labute approximate surface area is 180 Å². The maximum absolute atomic E-state index is 13.4. The fraction of sp³-hybridized carbons (Fsp3) is 0.174. The van der Waals surface area contributed by atoms with Crippen LogP contribution < -0.4 is 14.9 Å². The smallest absolute Gasteiger partial charge is 0.276 e. The quantitative estimate of drug-likeness (QED) is 0.471. The zero-order valence-electron chi connectivity index (χ0n) is 16.4. The number of allylic oxidation sites excluding steroid dienone is 2. The third-order valence-electron chi connectivity index (χ3n) is 5.56. The van der Waals surface area contributed by atoms with E-state index in [9.17, 15) is 19.7 Å². The van der Waals surface area contributed by atoms with E-state index in [1.807, 2.05) is 30.3 Å². The lowest BCUT2D eigenvalue weighted by Crippen LogP contribution is -2.40. The number of carbonyl (C=O) groups is 1. The molecule has 2 aromatic carbocycles. The van der Waals surface area contributed by atoms with Crippen LogP contribution in [0.3, 0.4) is 0 Å². The van der Waals surface area contributed by atoms with Gasteiger partial charge < -0.3 is 0 Å². The van der Waals surface area contributed by atoms with E-state index in [-0.39, 0.29) is 17.0 Å². The number of para-hydroxylation sites is 1. The molecule has 1 aliphatic heterocycles. The fourth-order valence-corrected chi connectivity index (χ4v) is 5.19. The molecule has 0 amide bonds. The Kier molecular flexibility index (Phi) is 4.71. The van der Waals surface area contributed by atoms with Crippen molar-refractivity contribution in [2.24, 2.45) is 4.99 Å². The van der Waals surface area contributed by atoms with Crippen LogP contribution in [0.5, 0.6) is 0 Å². The van der Waals surface area contributed by atoms with E-state index < -0.39 is 11.0 Å². The van der Waals surface area contributed by atoms with Gasteiger partial charge in [0.15, 0.2) is 10.6 Å². The number of benzene rings is 2. The molecule has 3 aromatic rings. The Bertz CT molecular complexity index is 1430. The van der Waals surface area contributed by atoms with Crippen LogP contribution in [0.2, 0.25) is 0 Å². The number of hydrogen-bond donors (Lipinski definition) is 0. The SMILES string of the molecule is O=C1CCCC2=C1C(c1ccccc1)n1c(s/c(=C/c3ccccc3[N+](=O)[O-])c1=O)=N2. The van der Waals surface area contributed by atoms with E-state index >= 15 is 0 Å². The minimum absolute atomic E-state index is 0.0202. The van der Waals surface area contributed by atoms with Crippen LogP contribution in [0.15, 0.2) is 75.7 Å². The van der Waals surface area contributed by atoms with Crippen molar-refractivity contribution in [1.82, 2.24) is 4.57 Å². The number of aromatic nitrogens is 1. The lowest BCUT2D eigenvalue weighted by atomic mass is 9.86. The molecule has 8 heteroatoms. The average Bonchev–Trinajstić information content (AvgIpc) is 3.08. The van der Waals surface area contributed by atoms with E-state index in [4.69, 9.17) is 0 Å². The lowest BCUT2D eigenvalue weighted by Gasteiger charge is -2.28. The minimum Gasteiger partial charge on any atom is -0.294 e. The largest absolute Gasteiger partial charge is 0.294 e. The normalized spacial score (nSPS) is 18.4. The Morgan fingerprint density at radius 2 is 1.81 bits per heavy atom. The minimum atomic E-state index is -0.534. The molecule has 5 rings (SSSR count). The summed E-state index contributed by atoms with van der Waals surface area (Å²) >= 11 is 1.19. The molecule has 0 spiro atoms. The number of hydrogen-bond acceptors (Lipinski definition) is 6. The van der Waals surface area contributed by atoms with Crippen LogP contribution in [0.1, 0.15) is 36.4 Å². The Hall–Kier alpha value is -3.65. The van der Waals surface area contributed by atoms with Crippen molar-refractivity contribution in [2.75, 3.05) is 0 Å². The molecule has 7 nitrogen and oxygen atoms in total. The van der Waals surface area contributed by atoms with Crippen molar-refractivity contribution in [3.05, 3.63) is 107 Å². The van der Waals surface area contributed by atoms with Gasteiger partial charge in [-0.25, -0.2) is 4.99 Å². The van der Waals surface area contributed by atoms with Crippen LogP contribution >= 0.6 is 11.3 Å². The topological polar surface area (TPSA) is 94.6 Å². The summed E-state index contributed by atoms with van der Waals surface area (Å²) in [6.45, 7) is 0. The van der Waals surface area contributed by atoms with Crippen LogP contribution in [-0.4, -0.2) is 15.3 Å². The summed E-state index contributed by atoms with van der Waals surface area (Å²) < 4.78 is 1.91. The van der Waals surface area contributed by atoms with Gasteiger partial charge in [0.25, 0.3) is 11.2 Å². The second-order valence-corrected chi connectivity index (χ2v) is 8.46. The van der Waals surface area contributed by atoms with Crippen LogP contribution in [0, 0.1) is 10.1 Å². The van der Waals surface area contributed by atoms with E-state index in [0.717, 1.165) is 17.7 Å². The Morgan fingerprint density at radius 1 is 1.06 bits per heavy atom. The first-order chi connectivity index (χ1) is 15.0. The fourth-order valence-electron chi connectivity index (χ4n) is 4.18. The molecule has 0 fully saturated rings. The predicted molar refractivity (Wildman–Crippen MR) is 116 cm³/mol. The molecule has 0 N–H and O–H groups in total. The van der Waals surface area contributed by atoms with Crippen molar-refractivity contribution in [3.8, 4) is 0 Å². The summed E-state index contributed by atoms with van der Waals surface area (Å²) in [6, 6.07) is 15.2. The molecule has 0 bridgehead atoms. The van der Waals surface area contributed by atoms with Gasteiger partial charge >= 0.3 is 0 Å². The van der Waals surface area contributed by atoms with E-state index in [2.05, 4.69) is 4.99 Å². The molecule has 1 unspecified atom stereocenters. The summed E-state index contributed by atoms with van der Waals surface area (Å²) in [5.41, 5.74) is 2.15. The second kappa shape index (κ2) is 7.55. The first kappa shape index (κ1) is 19.3. The highest BCUT2D eigenvalue weighted by molar-refractivity contribution is 7.07. The van der Waals surface area contributed by atoms with Gasteiger partial charge in [-0.15, -0.1) is 0 Å². The monoisotopic (exact) mass is 431 g/mol. The molecule has 1 aliphatic carbocycles. The van der Waals surface area contributed by atoms with E-state index in [1.54, 1.807) is 22.8 Å². The highest BCUT2D eigenvalue weighted by atomic mass is 32.1. The van der Waals surface area contributed by atoms with E-state index in [1.165, 1.54) is 23.5 Å². The van der Waals surface area contributed by atoms with Crippen LogP contribution in [-0.2, 0) is 4.79 Å². The molecule has 1 aromatic heterocycles. The van der Waals surface area contributed by atoms with Crippen LogP contribution in [0.4, 0.5) is 5.69 Å². The van der Waals surface area contributed by atoms with Crippen molar-refractivity contribution in [3.63, 3.8) is 0 Å². The third kappa shape index (κ3) is 3.25. The van der Waals surface area contributed by atoms with Crippen molar-refractivity contribution < 1.29 is 9.72 Å². The molecular formula is C23H17N3O4S. The summed E-state index contributed by atoms with van der Waals surface area (Å²) in [5.74, 6) is 0.0202.